The van der Waals surface area contributed by atoms with E-state index in [-0.39, 0.29) is 0 Å². The normalized spacial score (nSPS) is 27.4. The van der Waals surface area contributed by atoms with Gasteiger partial charge in [0.25, 0.3) is 0 Å². The molecule has 0 radical (unpaired) electrons. The summed E-state index contributed by atoms with van der Waals surface area (Å²) < 4.78 is 5.54. The van der Waals surface area contributed by atoms with Crippen LogP contribution in [0, 0.1) is 5.41 Å². The molecule has 0 bridgehead atoms. The van der Waals surface area contributed by atoms with Gasteiger partial charge in [0.15, 0.2) is 5.82 Å². The molecule has 2 unspecified atom stereocenters. The molecule has 5 heteroatoms. The highest BCUT2D eigenvalue weighted by Gasteiger charge is 2.50. The predicted molar refractivity (Wildman–Crippen MR) is 77.5 cm³/mol. The molecule has 20 heavy (non-hydrogen) atoms. The van der Waals surface area contributed by atoms with Crippen LogP contribution < -0.4 is 5.32 Å². The number of rotatable bonds is 5. The van der Waals surface area contributed by atoms with Gasteiger partial charge in [0.05, 0.1) is 6.04 Å². The molecule has 1 N–H and O–H groups in total. The van der Waals surface area contributed by atoms with E-state index < -0.39 is 0 Å². The van der Waals surface area contributed by atoms with Gasteiger partial charge in [-0.2, -0.15) is 4.98 Å². The Morgan fingerprint density at radius 1 is 1.40 bits per heavy atom. The zero-order valence-corrected chi connectivity index (χ0v) is 12.9. The summed E-state index contributed by atoms with van der Waals surface area (Å²) >= 11 is 0. The molecule has 1 aliphatic carbocycles. The number of piperazine rings is 1. The Morgan fingerprint density at radius 2 is 2.10 bits per heavy atom. The molecule has 2 atom stereocenters. The molecule has 1 saturated heterocycles. The predicted octanol–water partition coefficient (Wildman–Crippen LogP) is 2.33. The third-order valence-electron chi connectivity index (χ3n) is 4.72. The quantitative estimate of drug-likeness (QED) is 0.896. The topological polar surface area (TPSA) is 54.2 Å². The van der Waals surface area contributed by atoms with E-state index in [2.05, 4.69) is 36.1 Å². The van der Waals surface area contributed by atoms with Gasteiger partial charge in [-0.1, -0.05) is 32.3 Å². The van der Waals surface area contributed by atoms with Crippen LogP contribution in [0.1, 0.15) is 63.7 Å². The Bertz CT molecular complexity index is 450. The Morgan fingerprint density at radius 3 is 2.70 bits per heavy atom. The third kappa shape index (κ3) is 2.74. The summed E-state index contributed by atoms with van der Waals surface area (Å²) in [5.74, 6) is 2.21. The number of aromatic nitrogens is 2. The van der Waals surface area contributed by atoms with Crippen molar-refractivity contribution in [2.75, 3.05) is 26.2 Å². The smallest absolute Gasteiger partial charge is 0.230 e. The molecule has 1 aliphatic heterocycles. The monoisotopic (exact) mass is 278 g/mol. The molecular formula is C15H26N4O. The number of hydrogen-bond acceptors (Lipinski definition) is 5. The summed E-state index contributed by atoms with van der Waals surface area (Å²) in [6.45, 7) is 11.0. The van der Waals surface area contributed by atoms with Crippen molar-refractivity contribution >= 4 is 0 Å². The molecule has 5 nitrogen and oxygen atoms in total. The summed E-state index contributed by atoms with van der Waals surface area (Å²) in [6.07, 6.45) is 3.42. The lowest BCUT2D eigenvalue weighted by molar-refractivity contribution is 0.155. The molecule has 2 heterocycles. The first-order valence-electron chi connectivity index (χ1n) is 7.90. The second-order valence-electron chi connectivity index (χ2n) is 6.83. The van der Waals surface area contributed by atoms with Crippen molar-refractivity contribution in [2.45, 2.75) is 52.0 Å². The van der Waals surface area contributed by atoms with E-state index in [0.29, 0.717) is 17.4 Å². The minimum Gasteiger partial charge on any atom is -0.339 e. The van der Waals surface area contributed by atoms with Gasteiger partial charge in [-0.15, -0.1) is 0 Å². The Hall–Kier alpha value is -0.940. The van der Waals surface area contributed by atoms with Crippen molar-refractivity contribution in [3.05, 3.63) is 11.7 Å². The van der Waals surface area contributed by atoms with E-state index >= 15 is 0 Å². The molecule has 3 rings (SSSR count). The zero-order valence-electron chi connectivity index (χ0n) is 12.9. The molecule has 0 amide bonds. The first-order valence-corrected chi connectivity index (χ1v) is 7.90. The number of nitrogens with one attached hydrogen (secondary N) is 1. The molecule has 1 aromatic heterocycles. The Kier molecular flexibility index (Phi) is 3.82. The summed E-state index contributed by atoms with van der Waals surface area (Å²) in [5, 5.41) is 7.69. The average Bonchev–Trinajstić information content (AvgIpc) is 2.89. The molecule has 1 saturated carbocycles. The number of nitrogens with zero attached hydrogens (tertiary/aromatic N) is 3. The van der Waals surface area contributed by atoms with Crippen molar-refractivity contribution in [2.24, 2.45) is 5.41 Å². The number of hydrogen-bond donors (Lipinski definition) is 1. The highest BCUT2D eigenvalue weighted by atomic mass is 16.5. The van der Waals surface area contributed by atoms with Crippen LogP contribution in [0.2, 0.25) is 0 Å². The van der Waals surface area contributed by atoms with E-state index in [1.165, 1.54) is 6.42 Å². The maximum atomic E-state index is 5.54. The van der Waals surface area contributed by atoms with Crippen LogP contribution in [0.25, 0.3) is 0 Å². The molecule has 2 aliphatic rings. The zero-order chi connectivity index (χ0) is 14.2. The summed E-state index contributed by atoms with van der Waals surface area (Å²) in [6, 6.07) is 0.321. The van der Waals surface area contributed by atoms with Crippen LogP contribution in [-0.4, -0.2) is 41.2 Å². The summed E-state index contributed by atoms with van der Waals surface area (Å²) in [4.78, 5) is 7.21. The van der Waals surface area contributed by atoms with E-state index in [4.69, 9.17) is 9.51 Å². The molecule has 1 aromatic rings. The van der Waals surface area contributed by atoms with Crippen molar-refractivity contribution in [1.29, 1.82) is 0 Å². The summed E-state index contributed by atoms with van der Waals surface area (Å²) in [5.41, 5.74) is 0.346. The minimum absolute atomic E-state index is 0.321. The second kappa shape index (κ2) is 5.45. The second-order valence-corrected chi connectivity index (χ2v) is 6.83. The lowest BCUT2D eigenvalue weighted by Gasteiger charge is -2.33. The van der Waals surface area contributed by atoms with Crippen LogP contribution in [0.3, 0.4) is 0 Å². The average molecular weight is 278 g/mol. The Labute approximate surface area is 121 Å². The summed E-state index contributed by atoms with van der Waals surface area (Å²) in [7, 11) is 0. The molecular weight excluding hydrogens is 252 g/mol. The van der Waals surface area contributed by atoms with Gasteiger partial charge in [0, 0.05) is 32.1 Å². The van der Waals surface area contributed by atoms with Crippen LogP contribution >= 0.6 is 0 Å². The highest BCUT2D eigenvalue weighted by molar-refractivity contribution is 5.13. The van der Waals surface area contributed by atoms with E-state index in [0.717, 1.165) is 50.7 Å². The SMILES string of the molecule is CCCC(c1noc(C2CC2(C)C)n1)N1CCNCC1. The maximum Gasteiger partial charge on any atom is 0.230 e. The van der Waals surface area contributed by atoms with Crippen LogP contribution in [0.15, 0.2) is 4.52 Å². The molecule has 0 aromatic carbocycles. The van der Waals surface area contributed by atoms with Gasteiger partial charge in [0.1, 0.15) is 0 Å². The van der Waals surface area contributed by atoms with Crippen LogP contribution in [0.5, 0.6) is 0 Å². The lowest BCUT2D eigenvalue weighted by Crippen LogP contribution is -2.45. The fourth-order valence-electron chi connectivity index (χ4n) is 3.16. The van der Waals surface area contributed by atoms with Gasteiger partial charge < -0.3 is 9.84 Å². The largest absolute Gasteiger partial charge is 0.339 e. The van der Waals surface area contributed by atoms with E-state index in [1.54, 1.807) is 0 Å². The molecule has 0 spiro atoms. The lowest BCUT2D eigenvalue weighted by atomic mass is 10.1. The standard InChI is InChI=1S/C15H26N4O/c1-4-5-12(19-8-6-16-7-9-19)13-17-14(20-18-13)11-10-15(11,2)3/h11-12,16H,4-10H2,1-3H3. The van der Waals surface area contributed by atoms with Crippen molar-refractivity contribution in [3.8, 4) is 0 Å². The van der Waals surface area contributed by atoms with Gasteiger partial charge in [-0.05, 0) is 18.3 Å². The van der Waals surface area contributed by atoms with Crippen molar-refractivity contribution in [1.82, 2.24) is 20.4 Å². The van der Waals surface area contributed by atoms with E-state index in [9.17, 15) is 0 Å². The fraction of sp³-hybridized carbons (Fsp3) is 0.867. The maximum absolute atomic E-state index is 5.54. The van der Waals surface area contributed by atoms with Crippen LogP contribution in [0.4, 0.5) is 0 Å². The van der Waals surface area contributed by atoms with Crippen molar-refractivity contribution in [3.63, 3.8) is 0 Å². The molecule has 112 valence electrons. The van der Waals surface area contributed by atoms with Gasteiger partial charge >= 0.3 is 0 Å². The fourth-order valence-corrected chi connectivity index (χ4v) is 3.16. The van der Waals surface area contributed by atoms with Gasteiger partial charge in [0.2, 0.25) is 5.89 Å². The van der Waals surface area contributed by atoms with Gasteiger partial charge in [-0.3, -0.25) is 4.90 Å². The highest BCUT2D eigenvalue weighted by Crippen LogP contribution is 2.58. The molecule has 2 fully saturated rings. The van der Waals surface area contributed by atoms with E-state index in [1.807, 2.05) is 0 Å². The first kappa shape index (κ1) is 14.0. The van der Waals surface area contributed by atoms with Gasteiger partial charge in [-0.25, -0.2) is 0 Å². The van der Waals surface area contributed by atoms with Crippen LogP contribution in [-0.2, 0) is 0 Å². The third-order valence-corrected chi connectivity index (χ3v) is 4.72. The minimum atomic E-state index is 0.321. The first-order chi connectivity index (χ1) is 9.62. The van der Waals surface area contributed by atoms with Crippen molar-refractivity contribution < 1.29 is 4.52 Å². The Balaban J connectivity index is 1.74.